The number of aryl methyl sites for hydroxylation is 1. The van der Waals surface area contributed by atoms with Crippen LogP contribution in [-0.2, 0) is 6.42 Å². The summed E-state index contributed by atoms with van der Waals surface area (Å²) in [5.41, 5.74) is 2.75. The lowest BCUT2D eigenvalue weighted by Crippen LogP contribution is -2.07. The highest BCUT2D eigenvalue weighted by Crippen LogP contribution is 2.18. The fourth-order valence-corrected chi connectivity index (χ4v) is 2.82. The quantitative estimate of drug-likeness (QED) is 0.536. The summed E-state index contributed by atoms with van der Waals surface area (Å²) in [6.45, 7) is 0.821. The maximum atomic E-state index is 13.1. The van der Waals surface area contributed by atoms with Crippen molar-refractivity contribution in [3.05, 3.63) is 78.1 Å². The van der Waals surface area contributed by atoms with Gasteiger partial charge in [0.25, 0.3) is 0 Å². The molecule has 0 unspecified atom stereocenters. The highest BCUT2D eigenvalue weighted by Gasteiger charge is 2.10. The summed E-state index contributed by atoms with van der Waals surface area (Å²) in [5, 5.41) is 16.2. The fraction of sp³-hybridized carbons (Fsp3) is 0.150. The van der Waals surface area contributed by atoms with E-state index in [2.05, 4.69) is 44.9 Å². The first-order valence-corrected chi connectivity index (χ1v) is 8.56. The van der Waals surface area contributed by atoms with Gasteiger partial charge in [-0.25, -0.2) is 4.39 Å². The molecule has 0 fully saturated rings. The van der Waals surface area contributed by atoms with Gasteiger partial charge in [-0.05, 0) is 54.8 Å². The van der Waals surface area contributed by atoms with Crippen molar-refractivity contribution in [2.24, 2.45) is 0 Å². The lowest BCUT2D eigenvalue weighted by atomic mass is 10.1. The molecule has 5 nitrogen and oxygen atoms in total. The molecular formula is C20H18FN5. The lowest BCUT2D eigenvalue weighted by Gasteiger charge is -2.06. The number of halogens is 1. The van der Waals surface area contributed by atoms with Crippen molar-refractivity contribution < 1.29 is 4.39 Å². The molecule has 0 bridgehead atoms. The van der Waals surface area contributed by atoms with Gasteiger partial charge in [0.05, 0.1) is 0 Å². The van der Waals surface area contributed by atoms with Gasteiger partial charge in [0, 0.05) is 12.1 Å². The largest absolute Gasteiger partial charge is 0.369 e. The molecule has 26 heavy (non-hydrogen) atoms. The summed E-state index contributed by atoms with van der Waals surface area (Å²) in [7, 11) is 0. The smallest absolute Gasteiger partial charge is 0.185 e. The summed E-state index contributed by atoms with van der Waals surface area (Å²) < 4.78 is 14.8. The standard InChI is InChI=1S/C20H18FN5/c21-17-10-8-16(9-11-17)20-24-23-19-13-12-18(25-26(19)20)22-14-4-7-15-5-2-1-3-6-15/h1-3,5-6,8-13H,4,7,14H2,(H,22,25). The van der Waals surface area contributed by atoms with Gasteiger partial charge in [-0.15, -0.1) is 15.3 Å². The first-order valence-electron chi connectivity index (χ1n) is 8.56. The van der Waals surface area contributed by atoms with E-state index in [1.165, 1.54) is 17.7 Å². The Morgan fingerprint density at radius 2 is 1.69 bits per heavy atom. The van der Waals surface area contributed by atoms with Crippen molar-refractivity contribution in [1.82, 2.24) is 19.8 Å². The van der Waals surface area contributed by atoms with Crippen LogP contribution in [0.5, 0.6) is 0 Å². The minimum absolute atomic E-state index is 0.281. The summed E-state index contributed by atoms with van der Waals surface area (Å²) in [4.78, 5) is 0. The van der Waals surface area contributed by atoms with Gasteiger partial charge in [0.2, 0.25) is 0 Å². The number of benzene rings is 2. The maximum absolute atomic E-state index is 13.1. The number of anilines is 1. The first-order chi connectivity index (χ1) is 12.8. The van der Waals surface area contributed by atoms with Gasteiger partial charge >= 0.3 is 0 Å². The summed E-state index contributed by atoms with van der Waals surface area (Å²) in [6.07, 6.45) is 2.03. The molecule has 0 aliphatic heterocycles. The third kappa shape index (κ3) is 3.54. The molecule has 0 spiro atoms. The van der Waals surface area contributed by atoms with Gasteiger partial charge in [-0.1, -0.05) is 30.3 Å². The first kappa shape index (κ1) is 16.2. The van der Waals surface area contributed by atoms with E-state index in [-0.39, 0.29) is 5.82 Å². The third-order valence-electron chi connectivity index (χ3n) is 4.16. The van der Waals surface area contributed by atoms with E-state index in [1.54, 1.807) is 16.6 Å². The van der Waals surface area contributed by atoms with Crippen LogP contribution in [0.2, 0.25) is 0 Å². The zero-order chi connectivity index (χ0) is 17.8. The Hall–Kier alpha value is -3.28. The Labute approximate surface area is 150 Å². The van der Waals surface area contributed by atoms with Crippen LogP contribution in [0.25, 0.3) is 17.0 Å². The van der Waals surface area contributed by atoms with Crippen LogP contribution < -0.4 is 5.32 Å². The third-order valence-corrected chi connectivity index (χ3v) is 4.16. The summed E-state index contributed by atoms with van der Waals surface area (Å²) >= 11 is 0. The summed E-state index contributed by atoms with van der Waals surface area (Å²) in [5.74, 6) is 1.07. The minimum Gasteiger partial charge on any atom is -0.369 e. The van der Waals surface area contributed by atoms with Gasteiger partial charge in [-0.3, -0.25) is 0 Å². The highest BCUT2D eigenvalue weighted by molar-refractivity contribution is 5.59. The molecule has 2 aromatic heterocycles. The van der Waals surface area contributed by atoms with Crippen LogP contribution in [-0.4, -0.2) is 26.4 Å². The fourth-order valence-electron chi connectivity index (χ4n) is 2.82. The number of hydrogen-bond donors (Lipinski definition) is 1. The molecule has 0 atom stereocenters. The van der Waals surface area contributed by atoms with E-state index in [0.29, 0.717) is 11.5 Å². The molecule has 0 aliphatic carbocycles. The molecule has 0 saturated carbocycles. The van der Waals surface area contributed by atoms with Crippen molar-refractivity contribution in [2.45, 2.75) is 12.8 Å². The molecule has 4 rings (SSSR count). The number of nitrogens with one attached hydrogen (secondary N) is 1. The van der Waals surface area contributed by atoms with E-state index in [0.717, 1.165) is 30.8 Å². The van der Waals surface area contributed by atoms with Gasteiger partial charge in [-0.2, -0.15) is 4.52 Å². The molecule has 1 N–H and O–H groups in total. The Balaban J connectivity index is 1.46. The Morgan fingerprint density at radius 3 is 2.50 bits per heavy atom. The molecule has 4 aromatic rings. The van der Waals surface area contributed by atoms with Crippen molar-refractivity contribution in [3.8, 4) is 11.4 Å². The van der Waals surface area contributed by atoms with Crippen LogP contribution >= 0.6 is 0 Å². The van der Waals surface area contributed by atoms with Crippen molar-refractivity contribution in [2.75, 3.05) is 11.9 Å². The molecule has 130 valence electrons. The van der Waals surface area contributed by atoms with E-state index >= 15 is 0 Å². The molecule has 2 heterocycles. The number of hydrogen-bond acceptors (Lipinski definition) is 4. The predicted molar refractivity (Wildman–Crippen MR) is 99.4 cm³/mol. The second-order valence-corrected chi connectivity index (χ2v) is 6.04. The monoisotopic (exact) mass is 347 g/mol. The summed E-state index contributed by atoms with van der Waals surface area (Å²) in [6, 6.07) is 20.3. The normalized spacial score (nSPS) is 11.0. The number of aromatic nitrogens is 4. The van der Waals surface area contributed by atoms with Crippen LogP contribution in [0.1, 0.15) is 12.0 Å². The van der Waals surface area contributed by atoms with Crippen molar-refractivity contribution in [1.29, 1.82) is 0 Å². The molecule has 0 aliphatic rings. The van der Waals surface area contributed by atoms with Crippen LogP contribution in [0, 0.1) is 5.82 Å². The number of fused-ring (bicyclic) bond motifs is 1. The zero-order valence-electron chi connectivity index (χ0n) is 14.1. The van der Waals surface area contributed by atoms with Crippen LogP contribution in [0.3, 0.4) is 0 Å². The van der Waals surface area contributed by atoms with Crippen molar-refractivity contribution in [3.63, 3.8) is 0 Å². The average molecular weight is 347 g/mol. The van der Waals surface area contributed by atoms with Gasteiger partial charge < -0.3 is 5.32 Å². The minimum atomic E-state index is -0.281. The number of rotatable bonds is 6. The second kappa shape index (κ2) is 7.31. The van der Waals surface area contributed by atoms with Gasteiger partial charge in [0.15, 0.2) is 11.5 Å². The molecule has 6 heteroatoms. The second-order valence-electron chi connectivity index (χ2n) is 6.04. The Morgan fingerprint density at radius 1 is 0.885 bits per heavy atom. The number of nitrogens with zero attached hydrogens (tertiary/aromatic N) is 4. The molecule has 0 saturated heterocycles. The molecule has 0 radical (unpaired) electrons. The van der Waals surface area contributed by atoms with Crippen LogP contribution in [0.4, 0.5) is 10.2 Å². The Bertz CT molecular complexity index is 996. The van der Waals surface area contributed by atoms with Crippen molar-refractivity contribution >= 4 is 11.5 Å². The molecule has 2 aromatic carbocycles. The van der Waals surface area contributed by atoms with Crippen LogP contribution in [0.15, 0.2) is 66.7 Å². The molecule has 0 amide bonds. The maximum Gasteiger partial charge on any atom is 0.185 e. The lowest BCUT2D eigenvalue weighted by molar-refractivity contribution is 0.628. The van der Waals surface area contributed by atoms with E-state index < -0.39 is 0 Å². The SMILES string of the molecule is Fc1ccc(-c2nnc3ccc(NCCCc4ccccc4)nn23)cc1. The average Bonchev–Trinajstić information content (AvgIpc) is 3.10. The molecular weight excluding hydrogens is 329 g/mol. The zero-order valence-corrected chi connectivity index (χ0v) is 14.1. The van der Waals surface area contributed by atoms with E-state index in [9.17, 15) is 4.39 Å². The Kier molecular flexibility index (Phi) is 4.55. The topological polar surface area (TPSA) is 55.1 Å². The van der Waals surface area contributed by atoms with E-state index in [1.807, 2.05) is 18.2 Å². The highest BCUT2D eigenvalue weighted by atomic mass is 19.1. The predicted octanol–water partition coefficient (Wildman–Crippen LogP) is 3.98. The van der Waals surface area contributed by atoms with E-state index in [4.69, 9.17) is 0 Å². The van der Waals surface area contributed by atoms with Gasteiger partial charge in [0.1, 0.15) is 11.6 Å².